The van der Waals surface area contributed by atoms with Crippen LogP contribution in [0.15, 0.2) is 35.0 Å². The molecule has 0 aliphatic heterocycles. The summed E-state index contributed by atoms with van der Waals surface area (Å²) >= 11 is -0.556. The Morgan fingerprint density at radius 3 is 1.56 bits per heavy atom. The molecule has 0 atom stereocenters. The molecule has 1 aromatic carbocycles. The van der Waals surface area contributed by atoms with Gasteiger partial charge in [0.2, 0.25) is 0 Å². The van der Waals surface area contributed by atoms with Crippen molar-refractivity contribution in [2.45, 2.75) is 39.3 Å². The van der Waals surface area contributed by atoms with Gasteiger partial charge in [-0.2, -0.15) is 0 Å². The molecule has 7 heteroatoms. The molecule has 5 radical (unpaired) electrons. The molecule has 137 valence electrons. The van der Waals surface area contributed by atoms with Gasteiger partial charge in [0.15, 0.2) is 0 Å². The number of halogens is 2. The summed E-state index contributed by atoms with van der Waals surface area (Å²) in [5.74, 6) is 0.962. The molecular weight excluding hydrogens is 419 g/mol. The molecule has 0 bridgehead atoms. The van der Waals surface area contributed by atoms with Gasteiger partial charge >= 0.3 is 35.6 Å². The first-order chi connectivity index (χ1) is 11.6. The van der Waals surface area contributed by atoms with E-state index in [4.69, 9.17) is 28.3 Å². The Kier molecular flexibility index (Phi) is 13.8. The van der Waals surface area contributed by atoms with Crippen molar-refractivity contribution in [2.24, 2.45) is 4.66 Å². The van der Waals surface area contributed by atoms with Crippen LogP contribution in [-0.2, 0) is 17.0 Å². The van der Waals surface area contributed by atoms with E-state index in [1.165, 1.54) is 0 Å². The van der Waals surface area contributed by atoms with E-state index in [0.717, 1.165) is 11.4 Å². The average molecular weight is 447 g/mol. The van der Waals surface area contributed by atoms with Crippen LogP contribution in [0.1, 0.15) is 5.56 Å². The fourth-order valence-corrected chi connectivity index (χ4v) is 3.43. The second-order valence-corrected chi connectivity index (χ2v) is 19.0. The van der Waals surface area contributed by atoms with Crippen molar-refractivity contribution in [2.75, 3.05) is 0 Å². The average Bonchev–Trinajstić information content (AvgIpc) is 3.05. The van der Waals surface area contributed by atoms with Crippen LogP contribution in [0.3, 0.4) is 0 Å². The molecule has 2 nitrogen and oxygen atoms in total. The third kappa shape index (κ3) is 16.3. The number of nitrogens with zero attached hydrogens (tertiary/aromatic N) is 2. The molecule has 0 unspecified atom stereocenters. The van der Waals surface area contributed by atoms with Gasteiger partial charge in [-0.05, 0) is 37.7 Å². The molecule has 2 rings (SSSR count). The van der Waals surface area contributed by atoms with Gasteiger partial charge in [0.05, 0.1) is 0 Å². The number of hydrogen-bond donors (Lipinski definition) is 0. The standard InChI is InChI=1S/C13H23N2Si2.C5H5.2ClH.Ti/c1-16(2,3)14-13(15-17(4,5)6)12-10-8-7-9-11-12;1-2-4-5-3-1;;;/h7-11H,1-6H3;1-5H;2*1H;/q-1;;;;+2/p-2. The Morgan fingerprint density at radius 2 is 1.24 bits per heavy atom. The maximum atomic E-state index is 4.89. The maximum absolute atomic E-state index is 4.89. The minimum atomic E-state index is -1.49. The van der Waals surface area contributed by atoms with Gasteiger partial charge in [0.25, 0.3) is 0 Å². The summed E-state index contributed by atoms with van der Waals surface area (Å²) < 4.78 is 4.89. The van der Waals surface area contributed by atoms with E-state index < -0.39 is 33.5 Å². The second-order valence-electron chi connectivity index (χ2n) is 7.29. The zero-order valence-electron chi connectivity index (χ0n) is 15.9. The van der Waals surface area contributed by atoms with Crippen molar-refractivity contribution in [3.8, 4) is 0 Å². The van der Waals surface area contributed by atoms with E-state index in [0.29, 0.717) is 0 Å². The summed E-state index contributed by atoms with van der Waals surface area (Å²) in [6, 6.07) is 10.3. The van der Waals surface area contributed by atoms with Crippen molar-refractivity contribution in [1.82, 2.24) is 0 Å². The van der Waals surface area contributed by atoms with Gasteiger partial charge in [-0.15, -0.1) is 0 Å². The van der Waals surface area contributed by atoms with Crippen LogP contribution >= 0.6 is 18.6 Å². The first-order valence-electron chi connectivity index (χ1n) is 8.10. The van der Waals surface area contributed by atoms with Gasteiger partial charge in [-0.1, -0.05) is 75.4 Å². The quantitative estimate of drug-likeness (QED) is 0.275. The molecule has 0 amide bonds. The van der Waals surface area contributed by atoms with Crippen LogP contribution in [0.5, 0.6) is 0 Å². The Hall–Kier alpha value is 0.418. The Morgan fingerprint density at radius 1 is 0.840 bits per heavy atom. The summed E-state index contributed by atoms with van der Waals surface area (Å²) in [5, 5.41) is 0. The molecule has 25 heavy (non-hydrogen) atoms. The molecule has 1 fully saturated rings. The Bertz CT molecular complexity index is 474. The molecule has 1 aromatic rings. The van der Waals surface area contributed by atoms with Crippen LogP contribution in [0.2, 0.25) is 39.3 Å². The Balaban J connectivity index is 0.000000592. The van der Waals surface area contributed by atoms with Crippen LogP contribution in [0.4, 0.5) is 0 Å². The molecule has 0 spiro atoms. The number of amidine groups is 1. The monoisotopic (exact) mass is 446 g/mol. The fourth-order valence-electron chi connectivity index (χ4n) is 1.70. The summed E-state index contributed by atoms with van der Waals surface area (Å²) in [4.78, 5) is 4.89. The first-order valence-corrected chi connectivity index (χ1v) is 19.3. The zero-order chi connectivity index (χ0) is 19.3. The van der Waals surface area contributed by atoms with Crippen molar-refractivity contribution in [3.63, 3.8) is 0 Å². The SMILES string of the molecule is C[Si](C)(C)/N=C(/[N-][Si](C)(C)C)c1ccccc1.[CH]1[CH][CH][CH][CH]1.[Cl][Ti][Cl]. The first kappa shape index (κ1) is 25.4. The molecule has 0 saturated heterocycles. The van der Waals surface area contributed by atoms with Crippen molar-refractivity contribution < 1.29 is 17.0 Å². The summed E-state index contributed by atoms with van der Waals surface area (Å²) in [6.45, 7) is 13.5. The summed E-state index contributed by atoms with van der Waals surface area (Å²) in [6.07, 6.45) is 10.0. The number of hydrogen-bond acceptors (Lipinski definition) is 1. The number of benzene rings is 1. The Labute approximate surface area is 174 Å². The van der Waals surface area contributed by atoms with Crippen LogP contribution in [0, 0.1) is 32.1 Å². The molecule has 0 N–H and O–H groups in total. The predicted octanol–water partition coefficient (Wildman–Crippen LogP) is 6.87. The van der Waals surface area contributed by atoms with Gasteiger partial charge in [-0.3, -0.25) is 0 Å². The predicted molar refractivity (Wildman–Crippen MR) is 116 cm³/mol. The summed E-state index contributed by atoms with van der Waals surface area (Å²) in [7, 11) is 6.80. The fraction of sp³-hybridized carbons (Fsp3) is 0.333. The van der Waals surface area contributed by atoms with Gasteiger partial charge in [-0.25, -0.2) is 0 Å². The normalized spacial score (nSPS) is 14.6. The third-order valence-electron chi connectivity index (χ3n) is 2.47. The van der Waals surface area contributed by atoms with E-state index in [-0.39, 0.29) is 0 Å². The number of rotatable bonds is 3. The molecule has 0 heterocycles. The molecule has 0 aromatic heterocycles. The van der Waals surface area contributed by atoms with Crippen molar-refractivity contribution >= 4 is 40.9 Å². The van der Waals surface area contributed by atoms with E-state index in [9.17, 15) is 0 Å². The van der Waals surface area contributed by atoms with Gasteiger partial charge in [0.1, 0.15) is 0 Å². The van der Waals surface area contributed by atoms with Gasteiger partial charge < -0.3 is 9.64 Å². The van der Waals surface area contributed by atoms with Crippen molar-refractivity contribution in [1.29, 1.82) is 0 Å². The molecule has 1 saturated carbocycles. The van der Waals surface area contributed by atoms with Crippen LogP contribution in [-0.4, -0.2) is 22.3 Å². The molecular formula is C18H28Cl2N2Si2Ti-. The van der Waals surface area contributed by atoms with E-state index in [1.54, 1.807) is 0 Å². The van der Waals surface area contributed by atoms with Crippen molar-refractivity contribution in [3.05, 3.63) is 73.0 Å². The van der Waals surface area contributed by atoms with Crippen LogP contribution in [0.25, 0.3) is 4.98 Å². The van der Waals surface area contributed by atoms with E-state index in [1.807, 2.05) is 38.2 Å². The second kappa shape index (κ2) is 13.6. The summed E-state index contributed by atoms with van der Waals surface area (Å²) in [5.41, 5.74) is 1.15. The van der Waals surface area contributed by atoms with E-state index >= 15 is 0 Å². The molecule has 1 aliphatic carbocycles. The zero-order valence-corrected chi connectivity index (χ0v) is 21.0. The minimum absolute atomic E-state index is 0.556. The third-order valence-corrected chi connectivity index (χ3v) is 4.24. The molecule has 1 aliphatic rings. The van der Waals surface area contributed by atoms with E-state index in [2.05, 4.69) is 63.5 Å². The topological polar surface area (TPSA) is 26.5 Å². The van der Waals surface area contributed by atoms with Gasteiger partial charge in [0, 0.05) is 16.5 Å². The van der Waals surface area contributed by atoms with Crippen LogP contribution < -0.4 is 0 Å².